The quantitative estimate of drug-likeness (QED) is 0.391. The molecule has 0 fully saturated rings. The summed E-state index contributed by atoms with van der Waals surface area (Å²) in [4.78, 5) is 0. The van der Waals surface area contributed by atoms with Gasteiger partial charge in [-0.3, -0.25) is 0 Å². The molecule has 0 bridgehead atoms. The SMILES string of the molecule is ICCCCCCNCc1csc2ccccc12. The fraction of sp³-hybridized carbons (Fsp3) is 0.467. The first-order valence-corrected chi connectivity index (χ1v) is 9.04. The number of thiophene rings is 1. The number of fused-ring (bicyclic) bond motifs is 1. The lowest BCUT2D eigenvalue weighted by Gasteiger charge is -2.04. The second-order valence-corrected chi connectivity index (χ2v) is 6.53. The zero-order valence-corrected chi connectivity index (χ0v) is 13.6. The third-order valence-corrected chi connectivity index (χ3v) is 4.89. The highest BCUT2D eigenvalue weighted by molar-refractivity contribution is 14.1. The van der Waals surface area contributed by atoms with Crippen LogP contribution in [0.5, 0.6) is 0 Å². The van der Waals surface area contributed by atoms with Gasteiger partial charge in [0.1, 0.15) is 0 Å². The van der Waals surface area contributed by atoms with Gasteiger partial charge in [0.15, 0.2) is 0 Å². The van der Waals surface area contributed by atoms with Crippen LogP contribution in [0, 0.1) is 0 Å². The first-order valence-electron chi connectivity index (χ1n) is 6.63. The van der Waals surface area contributed by atoms with Crippen LogP contribution in [0.15, 0.2) is 29.6 Å². The fourth-order valence-electron chi connectivity index (χ4n) is 2.09. The van der Waals surface area contributed by atoms with Crippen molar-refractivity contribution in [3.63, 3.8) is 0 Å². The molecule has 0 saturated heterocycles. The number of benzene rings is 1. The maximum Gasteiger partial charge on any atom is 0.0346 e. The van der Waals surface area contributed by atoms with Gasteiger partial charge in [0.25, 0.3) is 0 Å². The monoisotopic (exact) mass is 373 g/mol. The van der Waals surface area contributed by atoms with E-state index in [2.05, 4.69) is 57.6 Å². The highest BCUT2D eigenvalue weighted by Crippen LogP contribution is 2.25. The van der Waals surface area contributed by atoms with Gasteiger partial charge in [-0.05, 0) is 46.2 Å². The summed E-state index contributed by atoms with van der Waals surface area (Å²) in [5.41, 5.74) is 1.45. The second-order valence-electron chi connectivity index (χ2n) is 4.54. The molecule has 1 N–H and O–H groups in total. The Labute approximate surface area is 127 Å². The van der Waals surface area contributed by atoms with Crippen molar-refractivity contribution in [2.24, 2.45) is 0 Å². The highest BCUT2D eigenvalue weighted by Gasteiger charge is 2.01. The Morgan fingerprint density at radius 3 is 2.78 bits per heavy atom. The molecule has 0 amide bonds. The first-order chi connectivity index (χ1) is 8.92. The lowest BCUT2D eigenvalue weighted by Crippen LogP contribution is -2.14. The number of halogens is 1. The number of hydrogen-bond donors (Lipinski definition) is 1. The van der Waals surface area contributed by atoms with E-state index in [1.54, 1.807) is 0 Å². The average molecular weight is 373 g/mol. The van der Waals surface area contributed by atoms with Gasteiger partial charge < -0.3 is 5.32 Å². The molecule has 0 radical (unpaired) electrons. The summed E-state index contributed by atoms with van der Waals surface area (Å²) in [6, 6.07) is 8.67. The van der Waals surface area contributed by atoms with Crippen molar-refractivity contribution in [1.29, 1.82) is 0 Å². The van der Waals surface area contributed by atoms with E-state index < -0.39 is 0 Å². The molecule has 1 aromatic heterocycles. The average Bonchev–Trinajstić information content (AvgIpc) is 2.81. The molecule has 1 aromatic carbocycles. The van der Waals surface area contributed by atoms with Crippen LogP contribution in [-0.4, -0.2) is 11.0 Å². The molecule has 2 aromatic rings. The smallest absolute Gasteiger partial charge is 0.0346 e. The number of alkyl halides is 1. The molecule has 18 heavy (non-hydrogen) atoms. The third-order valence-electron chi connectivity index (χ3n) is 3.11. The molecule has 0 atom stereocenters. The van der Waals surface area contributed by atoms with Gasteiger partial charge in [-0.15, -0.1) is 11.3 Å². The predicted molar refractivity (Wildman–Crippen MR) is 90.9 cm³/mol. The fourth-order valence-corrected chi connectivity index (χ4v) is 3.59. The maximum atomic E-state index is 3.56. The number of hydrogen-bond acceptors (Lipinski definition) is 2. The molecule has 0 aliphatic rings. The van der Waals surface area contributed by atoms with E-state index >= 15 is 0 Å². The van der Waals surface area contributed by atoms with E-state index in [-0.39, 0.29) is 0 Å². The first kappa shape index (κ1) is 14.3. The third kappa shape index (κ3) is 4.21. The Kier molecular flexibility index (Phi) is 6.45. The molecule has 0 aliphatic carbocycles. The molecule has 3 heteroatoms. The zero-order chi connectivity index (χ0) is 12.6. The molecular weight excluding hydrogens is 353 g/mol. The van der Waals surface area contributed by atoms with Crippen LogP contribution in [0.3, 0.4) is 0 Å². The van der Waals surface area contributed by atoms with E-state index in [1.165, 1.54) is 45.8 Å². The van der Waals surface area contributed by atoms with Gasteiger partial charge >= 0.3 is 0 Å². The Morgan fingerprint density at radius 1 is 1.06 bits per heavy atom. The molecule has 0 aliphatic heterocycles. The van der Waals surface area contributed by atoms with Crippen LogP contribution in [-0.2, 0) is 6.54 Å². The number of rotatable bonds is 8. The minimum atomic E-state index is 1.01. The largest absolute Gasteiger partial charge is 0.313 e. The lowest BCUT2D eigenvalue weighted by atomic mass is 10.1. The van der Waals surface area contributed by atoms with E-state index in [1.807, 2.05) is 11.3 Å². The topological polar surface area (TPSA) is 12.0 Å². The molecule has 2 rings (SSSR count). The molecule has 0 saturated carbocycles. The van der Waals surface area contributed by atoms with Crippen molar-refractivity contribution >= 4 is 44.0 Å². The van der Waals surface area contributed by atoms with Crippen LogP contribution in [0.25, 0.3) is 10.1 Å². The summed E-state index contributed by atoms with van der Waals surface area (Å²) in [6.07, 6.45) is 5.42. The van der Waals surface area contributed by atoms with Crippen molar-refractivity contribution < 1.29 is 0 Å². The Morgan fingerprint density at radius 2 is 1.89 bits per heavy atom. The van der Waals surface area contributed by atoms with Gasteiger partial charge in [-0.2, -0.15) is 0 Å². The summed E-state index contributed by atoms with van der Waals surface area (Å²) < 4.78 is 2.70. The number of nitrogens with one attached hydrogen (secondary N) is 1. The van der Waals surface area contributed by atoms with Crippen molar-refractivity contribution in [2.45, 2.75) is 32.2 Å². The Hall–Kier alpha value is -0.130. The van der Waals surface area contributed by atoms with Crippen LogP contribution in [0.4, 0.5) is 0 Å². The molecule has 1 nitrogen and oxygen atoms in total. The van der Waals surface area contributed by atoms with Crippen molar-refractivity contribution in [1.82, 2.24) is 5.32 Å². The molecule has 0 unspecified atom stereocenters. The lowest BCUT2D eigenvalue weighted by molar-refractivity contribution is 0.602. The Bertz CT molecular complexity index is 466. The molecule has 98 valence electrons. The summed E-state index contributed by atoms with van der Waals surface area (Å²) in [5, 5.41) is 7.26. The van der Waals surface area contributed by atoms with Crippen molar-refractivity contribution in [2.75, 3.05) is 11.0 Å². The summed E-state index contributed by atoms with van der Waals surface area (Å²) >= 11 is 4.30. The van der Waals surface area contributed by atoms with Crippen LogP contribution >= 0.6 is 33.9 Å². The highest BCUT2D eigenvalue weighted by atomic mass is 127. The predicted octanol–water partition coefficient (Wildman–Crippen LogP) is 4.99. The standard InChI is InChI=1S/C15H20INS/c16-9-5-1-2-6-10-17-11-13-12-18-15-8-4-3-7-14(13)15/h3-4,7-8,12,17H,1-2,5-6,9-11H2. The zero-order valence-electron chi connectivity index (χ0n) is 10.6. The van der Waals surface area contributed by atoms with Crippen molar-refractivity contribution in [3.05, 3.63) is 35.2 Å². The normalized spacial score (nSPS) is 11.2. The van der Waals surface area contributed by atoms with E-state index in [9.17, 15) is 0 Å². The second kappa shape index (κ2) is 8.12. The van der Waals surface area contributed by atoms with Crippen LogP contribution in [0.2, 0.25) is 0 Å². The van der Waals surface area contributed by atoms with E-state index in [0.717, 1.165) is 13.1 Å². The molecular formula is C15H20INS. The number of unbranched alkanes of at least 4 members (excludes halogenated alkanes) is 3. The van der Waals surface area contributed by atoms with Gasteiger partial charge in [-0.25, -0.2) is 0 Å². The van der Waals surface area contributed by atoms with Crippen LogP contribution < -0.4 is 5.32 Å². The van der Waals surface area contributed by atoms with Gasteiger partial charge in [0.05, 0.1) is 0 Å². The van der Waals surface area contributed by atoms with Crippen molar-refractivity contribution in [3.8, 4) is 0 Å². The van der Waals surface area contributed by atoms with Crippen LogP contribution in [0.1, 0.15) is 31.2 Å². The minimum Gasteiger partial charge on any atom is -0.313 e. The summed E-state index contributed by atoms with van der Waals surface area (Å²) in [6.45, 7) is 2.15. The minimum absolute atomic E-state index is 1.01. The summed E-state index contributed by atoms with van der Waals surface area (Å²) in [7, 11) is 0. The summed E-state index contributed by atoms with van der Waals surface area (Å²) in [5.74, 6) is 0. The van der Waals surface area contributed by atoms with E-state index in [4.69, 9.17) is 0 Å². The Balaban J connectivity index is 1.70. The van der Waals surface area contributed by atoms with Gasteiger partial charge in [0, 0.05) is 11.2 Å². The van der Waals surface area contributed by atoms with Gasteiger partial charge in [-0.1, -0.05) is 53.6 Å². The molecule has 1 heterocycles. The maximum absolute atomic E-state index is 3.56. The van der Waals surface area contributed by atoms with E-state index in [0.29, 0.717) is 0 Å². The molecule has 0 spiro atoms. The van der Waals surface area contributed by atoms with Gasteiger partial charge in [0.2, 0.25) is 0 Å².